The normalized spacial score (nSPS) is 19.1. The van der Waals surface area contributed by atoms with Crippen molar-refractivity contribution in [1.82, 2.24) is 4.90 Å². The number of piperidine rings is 1. The van der Waals surface area contributed by atoms with E-state index in [1.807, 2.05) is 32.9 Å². The summed E-state index contributed by atoms with van der Waals surface area (Å²) in [5, 5.41) is 0. The minimum atomic E-state index is -0.269. The van der Waals surface area contributed by atoms with E-state index in [-0.39, 0.29) is 5.41 Å². The maximum atomic E-state index is 12.4. The highest BCUT2D eigenvalue weighted by Gasteiger charge is 2.30. The van der Waals surface area contributed by atoms with Gasteiger partial charge < -0.3 is 9.64 Å². The quantitative estimate of drug-likeness (QED) is 0.844. The number of hydrogen-bond acceptors (Lipinski definition) is 2. The summed E-state index contributed by atoms with van der Waals surface area (Å²) in [6.45, 7) is 7.87. The molecule has 1 aliphatic rings. The molecule has 3 nitrogen and oxygen atoms in total. The third-order valence-corrected chi connectivity index (χ3v) is 4.42. The van der Waals surface area contributed by atoms with E-state index in [4.69, 9.17) is 4.74 Å². The van der Waals surface area contributed by atoms with Gasteiger partial charge in [-0.25, -0.2) is 0 Å². The number of methoxy groups -OCH3 is 1. The lowest BCUT2D eigenvalue weighted by atomic mass is 9.88. The topological polar surface area (TPSA) is 29.5 Å². The molecule has 0 saturated carbocycles. The van der Waals surface area contributed by atoms with Gasteiger partial charge in [-0.15, -0.1) is 0 Å². The van der Waals surface area contributed by atoms with Crippen LogP contribution in [0.25, 0.3) is 0 Å². The summed E-state index contributed by atoms with van der Waals surface area (Å²) in [5.41, 5.74) is 1.05. The molecule has 1 heterocycles. The lowest BCUT2D eigenvalue weighted by Gasteiger charge is -2.36. The first-order chi connectivity index (χ1) is 10.4. The molecule has 1 unspecified atom stereocenters. The molecule has 1 aliphatic heterocycles. The maximum absolute atomic E-state index is 12.4. The van der Waals surface area contributed by atoms with Crippen LogP contribution in [-0.4, -0.2) is 31.0 Å². The first-order valence-corrected chi connectivity index (χ1v) is 8.32. The molecule has 0 spiro atoms. The molecular formula is C19H29NO2. The number of nitrogens with zero attached hydrogens (tertiary/aromatic N) is 1. The predicted octanol–water partition coefficient (Wildman–Crippen LogP) is 3.91. The van der Waals surface area contributed by atoms with E-state index in [1.54, 1.807) is 7.11 Å². The third kappa shape index (κ3) is 4.49. The first-order valence-electron chi connectivity index (χ1n) is 8.32. The minimum absolute atomic E-state index is 0.269. The number of benzene rings is 1. The van der Waals surface area contributed by atoms with Gasteiger partial charge in [-0.2, -0.15) is 0 Å². The summed E-state index contributed by atoms with van der Waals surface area (Å²) in [6.07, 6.45) is 4.56. The predicted molar refractivity (Wildman–Crippen MR) is 90.1 cm³/mol. The van der Waals surface area contributed by atoms with Gasteiger partial charge in [-0.05, 0) is 49.3 Å². The summed E-state index contributed by atoms with van der Waals surface area (Å²) in [4.78, 5) is 14.5. The molecule has 1 saturated heterocycles. The zero-order valence-electron chi connectivity index (χ0n) is 14.4. The van der Waals surface area contributed by atoms with E-state index < -0.39 is 0 Å². The Hall–Kier alpha value is -1.51. The maximum Gasteiger partial charge on any atom is 0.227 e. The Balaban J connectivity index is 1.89. The van der Waals surface area contributed by atoms with Crippen LogP contribution in [-0.2, 0) is 11.2 Å². The smallest absolute Gasteiger partial charge is 0.227 e. The van der Waals surface area contributed by atoms with Crippen LogP contribution in [0, 0.1) is 11.3 Å². The summed E-state index contributed by atoms with van der Waals surface area (Å²) in [7, 11) is 1.70. The number of hydrogen-bond donors (Lipinski definition) is 0. The molecule has 1 aromatic rings. The van der Waals surface area contributed by atoms with Crippen molar-refractivity contribution in [3.8, 4) is 5.75 Å². The standard InChI is InChI=1S/C19H29NO2/c1-19(2,3)18(21)20-12-6-8-16(14-20)11-10-15-7-5-9-17(13-15)22-4/h5,7,9,13,16H,6,8,10-12,14H2,1-4H3. The Bertz CT molecular complexity index is 504. The summed E-state index contributed by atoms with van der Waals surface area (Å²) < 4.78 is 5.28. The average molecular weight is 303 g/mol. The Morgan fingerprint density at radius 3 is 2.82 bits per heavy atom. The number of likely N-dealkylation sites (tertiary alicyclic amines) is 1. The fourth-order valence-corrected chi connectivity index (χ4v) is 3.16. The minimum Gasteiger partial charge on any atom is -0.497 e. The molecule has 3 heteroatoms. The largest absolute Gasteiger partial charge is 0.497 e. The zero-order valence-corrected chi connectivity index (χ0v) is 14.4. The Labute approximate surface area is 134 Å². The molecule has 1 atom stereocenters. The molecule has 0 bridgehead atoms. The lowest BCUT2D eigenvalue weighted by Crippen LogP contribution is -2.45. The molecule has 1 aromatic carbocycles. The summed E-state index contributed by atoms with van der Waals surface area (Å²) in [6, 6.07) is 8.29. The highest BCUT2D eigenvalue weighted by molar-refractivity contribution is 5.81. The van der Waals surface area contributed by atoms with E-state index in [9.17, 15) is 4.79 Å². The Kier molecular flexibility index (Phi) is 5.49. The van der Waals surface area contributed by atoms with E-state index in [0.29, 0.717) is 11.8 Å². The van der Waals surface area contributed by atoms with Crippen molar-refractivity contribution in [2.24, 2.45) is 11.3 Å². The number of carbonyl (C=O) groups excluding carboxylic acids is 1. The van der Waals surface area contributed by atoms with E-state index in [1.165, 1.54) is 12.0 Å². The highest BCUT2D eigenvalue weighted by atomic mass is 16.5. The van der Waals surface area contributed by atoms with Crippen molar-refractivity contribution in [3.05, 3.63) is 29.8 Å². The van der Waals surface area contributed by atoms with Gasteiger partial charge in [-0.1, -0.05) is 32.9 Å². The van der Waals surface area contributed by atoms with Crippen molar-refractivity contribution in [2.45, 2.75) is 46.5 Å². The molecule has 1 amide bonds. The molecule has 0 N–H and O–H groups in total. The number of amides is 1. The van der Waals surface area contributed by atoms with Crippen LogP contribution in [0.4, 0.5) is 0 Å². The van der Waals surface area contributed by atoms with Crippen molar-refractivity contribution in [3.63, 3.8) is 0 Å². The van der Waals surface area contributed by atoms with Gasteiger partial charge in [-0.3, -0.25) is 4.79 Å². The molecule has 0 radical (unpaired) electrons. The monoisotopic (exact) mass is 303 g/mol. The molecule has 1 fully saturated rings. The van der Waals surface area contributed by atoms with Gasteiger partial charge in [0.2, 0.25) is 5.91 Å². The van der Waals surface area contributed by atoms with Crippen LogP contribution < -0.4 is 4.74 Å². The van der Waals surface area contributed by atoms with Gasteiger partial charge >= 0.3 is 0 Å². The zero-order chi connectivity index (χ0) is 16.2. The lowest BCUT2D eigenvalue weighted by molar-refractivity contribution is -0.141. The van der Waals surface area contributed by atoms with Gasteiger partial charge in [0.05, 0.1) is 7.11 Å². The van der Waals surface area contributed by atoms with Crippen LogP contribution in [0.1, 0.15) is 45.6 Å². The summed E-state index contributed by atoms with van der Waals surface area (Å²) >= 11 is 0. The van der Waals surface area contributed by atoms with Gasteiger partial charge in [0.15, 0.2) is 0 Å². The van der Waals surface area contributed by atoms with Gasteiger partial charge in [0.1, 0.15) is 5.75 Å². The number of carbonyl (C=O) groups is 1. The average Bonchev–Trinajstić information content (AvgIpc) is 2.52. The second-order valence-electron chi connectivity index (χ2n) is 7.40. The number of rotatable bonds is 4. The van der Waals surface area contributed by atoms with Crippen LogP contribution in [0.2, 0.25) is 0 Å². The third-order valence-electron chi connectivity index (χ3n) is 4.42. The Morgan fingerprint density at radius 1 is 1.36 bits per heavy atom. The molecule has 2 rings (SSSR count). The fourth-order valence-electron chi connectivity index (χ4n) is 3.16. The SMILES string of the molecule is COc1cccc(CCC2CCCN(C(=O)C(C)(C)C)C2)c1. The van der Waals surface area contributed by atoms with Gasteiger partial charge in [0.25, 0.3) is 0 Å². The second-order valence-corrected chi connectivity index (χ2v) is 7.40. The van der Waals surface area contributed by atoms with Crippen LogP contribution in [0.5, 0.6) is 5.75 Å². The van der Waals surface area contributed by atoms with E-state index in [2.05, 4.69) is 17.0 Å². The van der Waals surface area contributed by atoms with Gasteiger partial charge in [0, 0.05) is 18.5 Å². The fraction of sp³-hybridized carbons (Fsp3) is 0.632. The first kappa shape index (κ1) is 16.9. The molecule has 0 aliphatic carbocycles. The number of ether oxygens (including phenoxy) is 1. The number of aryl methyl sites for hydroxylation is 1. The molecule has 22 heavy (non-hydrogen) atoms. The van der Waals surface area contributed by atoms with Crippen molar-refractivity contribution < 1.29 is 9.53 Å². The second kappa shape index (κ2) is 7.17. The van der Waals surface area contributed by atoms with Crippen LogP contribution >= 0.6 is 0 Å². The van der Waals surface area contributed by atoms with Crippen molar-refractivity contribution >= 4 is 5.91 Å². The molecular weight excluding hydrogens is 274 g/mol. The van der Waals surface area contributed by atoms with Crippen LogP contribution in [0.3, 0.4) is 0 Å². The summed E-state index contributed by atoms with van der Waals surface area (Å²) in [5.74, 6) is 1.83. The van der Waals surface area contributed by atoms with E-state index in [0.717, 1.165) is 38.1 Å². The Morgan fingerprint density at radius 2 is 2.14 bits per heavy atom. The molecule has 0 aromatic heterocycles. The van der Waals surface area contributed by atoms with E-state index >= 15 is 0 Å². The molecule has 122 valence electrons. The van der Waals surface area contributed by atoms with Crippen LogP contribution in [0.15, 0.2) is 24.3 Å². The van der Waals surface area contributed by atoms with Crippen molar-refractivity contribution in [1.29, 1.82) is 0 Å². The highest BCUT2D eigenvalue weighted by Crippen LogP contribution is 2.26. The van der Waals surface area contributed by atoms with Crippen molar-refractivity contribution in [2.75, 3.05) is 20.2 Å².